The Hall–Kier alpha value is -2.67. The molecule has 146 valence electrons. The van der Waals surface area contributed by atoms with Gasteiger partial charge in [-0.1, -0.05) is 18.2 Å². The molecule has 0 aromatic heterocycles. The third-order valence-electron chi connectivity index (χ3n) is 4.47. The van der Waals surface area contributed by atoms with Crippen LogP contribution in [0.5, 0.6) is 0 Å². The highest BCUT2D eigenvalue weighted by atomic mass is 127. The maximum atomic E-state index is 13.9. The molecule has 0 aliphatic carbocycles. The Morgan fingerprint density at radius 3 is 2.86 bits per heavy atom. The van der Waals surface area contributed by atoms with Crippen LogP contribution in [0.15, 0.2) is 47.5 Å². The van der Waals surface area contributed by atoms with Gasteiger partial charge in [0.15, 0.2) is 5.96 Å². The molecule has 0 saturated heterocycles. The summed E-state index contributed by atoms with van der Waals surface area (Å²) in [5.74, 6) is 0.126. The highest BCUT2D eigenvalue weighted by molar-refractivity contribution is 14.0. The van der Waals surface area contributed by atoms with E-state index in [4.69, 9.17) is 5.26 Å². The van der Waals surface area contributed by atoms with E-state index >= 15 is 0 Å². The zero-order chi connectivity index (χ0) is 19.2. The van der Waals surface area contributed by atoms with Crippen molar-refractivity contribution in [3.05, 3.63) is 65.0 Å². The summed E-state index contributed by atoms with van der Waals surface area (Å²) in [6.45, 7) is 0.716. The minimum Gasteiger partial charge on any atom is -0.356 e. The molecule has 3 rings (SSSR count). The number of rotatable bonds is 4. The summed E-state index contributed by atoms with van der Waals surface area (Å²) in [5.41, 5.74) is 2.70. The fourth-order valence-electron chi connectivity index (χ4n) is 3.08. The normalized spacial score (nSPS) is 15.5. The molecule has 0 spiro atoms. The van der Waals surface area contributed by atoms with Crippen molar-refractivity contribution in [3.8, 4) is 6.07 Å². The van der Waals surface area contributed by atoms with Crippen LogP contribution in [0.25, 0.3) is 0 Å². The fourth-order valence-corrected chi connectivity index (χ4v) is 3.08. The molecule has 28 heavy (non-hydrogen) atoms. The topological polar surface area (TPSA) is 89.3 Å². The predicted octanol–water partition coefficient (Wildman–Crippen LogP) is 3.11. The molecule has 1 amide bonds. The van der Waals surface area contributed by atoms with Crippen molar-refractivity contribution in [1.82, 2.24) is 10.6 Å². The van der Waals surface area contributed by atoms with Crippen molar-refractivity contribution in [2.75, 3.05) is 18.9 Å². The maximum absolute atomic E-state index is 13.9. The molecule has 1 aliphatic heterocycles. The van der Waals surface area contributed by atoms with E-state index in [1.54, 1.807) is 7.05 Å². The highest BCUT2D eigenvalue weighted by Gasteiger charge is 2.24. The lowest BCUT2D eigenvalue weighted by Crippen LogP contribution is -2.40. The monoisotopic (exact) mass is 493 g/mol. The number of amides is 1. The van der Waals surface area contributed by atoms with Gasteiger partial charge in [0.2, 0.25) is 5.91 Å². The van der Waals surface area contributed by atoms with Crippen molar-refractivity contribution in [2.24, 2.45) is 4.99 Å². The average molecular weight is 493 g/mol. The van der Waals surface area contributed by atoms with E-state index in [0.29, 0.717) is 30.1 Å². The zero-order valence-corrected chi connectivity index (χ0v) is 17.7. The number of benzene rings is 2. The summed E-state index contributed by atoms with van der Waals surface area (Å²) < 4.78 is 13.9. The number of para-hydroxylation sites is 1. The third-order valence-corrected chi connectivity index (χ3v) is 4.47. The van der Waals surface area contributed by atoms with Crippen LogP contribution in [0.3, 0.4) is 0 Å². The van der Waals surface area contributed by atoms with Crippen LogP contribution in [0.4, 0.5) is 10.1 Å². The molecule has 8 heteroatoms. The summed E-state index contributed by atoms with van der Waals surface area (Å²) in [4.78, 5) is 16.0. The van der Waals surface area contributed by atoms with Gasteiger partial charge in [0.25, 0.3) is 0 Å². The Morgan fingerprint density at radius 2 is 2.11 bits per heavy atom. The van der Waals surface area contributed by atoms with Crippen LogP contribution in [0.2, 0.25) is 0 Å². The second-order valence-electron chi connectivity index (χ2n) is 6.26. The van der Waals surface area contributed by atoms with Crippen molar-refractivity contribution in [2.45, 2.75) is 18.9 Å². The minimum absolute atomic E-state index is 0. The first kappa shape index (κ1) is 21.6. The Balaban J connectivity index is 0.00000280. The number of nitrogens with zero attached hydrogens (tertiary/aromatic N) is 2. The van der Waals surface area contributed by atoms with Gasteiger partial charge in [0.05, 0.1) is 11.6 Å². The third kappa shape index (κ3) is 5.19. The lowest BCUT2D eigenvalue weighted by Gasteiger charge is -2.26. The van der Waals surface area contributed by atoms with Gasteiger partial charge >= 0.3 is 0 Å². The summed E-state index contributed by atoms with van der Waals surface area (Å²) >= 11 is 0. The predicted molar refractivity (Wildman–Crippen MR) is 117 cm³/mol. The quantitative estimate of drug-likeness (QED) is 0.347. The number of halogens is 2. The van der Waals surface area contributed by atoms with Gasteiger partial charge in [-0.15, -0.1) is 24.0 Å². The molecular weight excluding hydrogens is 472 g/mol. The van der Waals surface area contributed by atoms with E-state index in [2.05, 4.69) is 20.9 Å². The largest absolute Gasteiger partial charge is 0.356 e. The summed E-state index contributed by atoms with van der Waals surface area (Å²) in [6, 6.07) is 14.0. The van der Waals surface area contributed by atoms with E-state index in [1.807, 2.05) is 30.3 Å². The number of carbonyl (C=O) groups is 1. The molecule has 0 radical (unpaired) electrons. The minimum atomic E-state index is -0.380. The molecule has 1 unspecified atom stereocenters. The van der Waals surface area contributed by atoms with Crippen LogP contribution in [0, 0.1) is 17.1 Å². The Labute approximate surface area is 180 Å². The van der Waals surface area contributed by atoms with Gasteiger partial charge < -0.3 is 16.0 Å². The first-order valence-electron chi connectivity index (χ1n) is 8.62. The standard InChI is InChI=1S/C20H20FN5O.HI/c1-23-20(25-12-15-8-13(10-22)6-7-17(15)21)24-11-14-9-19(27)26-18-5-3-2-4-16(14)18;/h2-8,14H,9,11-12H2,1H3,(H,26,27)(H2,23,24,25);1H. The lowest BCUT2D eigenvalue weighted by atomic mass is 9.90. The van der Waals surface area contributed by atoms with Gasteiger partial charge in [-0.05, 0) is 29.8 Å². The highest BCUT2D eigenvalue weighted by Crippen LogP contribution is 2.31. The molecule has 1 atom stereocenters. The van der Waals surface area contributed by atoms with Crippen LogP contribution in [-0.2, 0) is 11.3 Å². The molecule has 0 fully saturated rings. The number of nitriles is 1. The zero-order valence-electron chi connectivity index (χ0n) is 15.3. The lowest BCUT2D eigenvalue weighted by molar-refractivity contribution is -0.116. The number of nitrogens with one attached hydrogen (secondary N) is 3. The number of hydrogen-bond donors (Lipinski definition) is 3. The second kappa shape index (κ2) is 10.0. The van der Waals surface area contributed by atoms with Crippen LogP contribution in [0.1, 0.15) is 29.0 Å². The van der Waals surface area contributed by atoms with Crippen molar-refractivity contribution < 1.29 is 9.18 Å². The number of anilines is 1. The number of carbonyl (C=O) groups excluding carboxylic acids is 1. The van der Waals surface area contributed by atoms with Gasteiger partial charge in [-0.3, -0.25) is 9.79 Å². The molecule has 3 N–H and O–H groups in total. The molecule has 0 saturated carbocycles. The molecule has 1 heterocycles. The number of fused-ring (bicyclic) bond motifs is 1. The Kier molecular flexibility index (Phi) is 7.75. The molecule has 0 bridgehead atoms. The molecule has 1 aliphatic rings. The van der Waals surface area contributed by atoms with E-state index in [9.17, 15) is 9.18 Å². The summed E-state index contributed by atoms with van der Waals surface area (Å²) in [6.07, 6.45) is 0.389. The van der Waals surface area contributed by atoms with Crippen molar-refractivity contribution >= 4 is 41.5 Å². The second-order valence-corrected chi connectivity index (χ2v) is 6.26. The first-order chi connectivity index (χ1) is 13.1. The van der Waals surface area contributed by atoms with Gasteiger partial charge in [0, 0.05) is 43.7 Å². The van der Waals surface area contributed by atoms with E-state index < -0.39 is 0 Å². The van der Waals surface area contributed by atoms with Crippen molar-refractivity contribution in [3.63, 3.8) is 0 Å². The molecule has 2 aromatic carbocycles. The summed E-state index contributed by atoms with van der Waals surface area (Å²) in [7, 11) is 1.62. The Bertz CT molecular complexity index is 925. The molecular formula is C20H21FIN5O. The van der Waals surface area contributed by atoms with Gasteiger partial charge in [0.1, 0.15) is 5.82 Å². The Morgan fingerprint density at radius 1 is 1.32 bits per heavy atom. The molecule has 6 nitrogen and oxygen atoms in total. The van der Waals surface area contributed by atoms with E-state index in [-0.39, 0.29) is 48.2 Å². The van der Waals surface area contributed by atoms with Gasteiger partial charge in [-0.25, -0.2) is 4.39 Å². The summed E-state index contributed by atoms with van der Waals surface area (Å²) in [5, 5.41) is 18.1. The van der Waals surface area contributed by atoms with Crippen LogP contribution in [-0.4, -0.2) is 25.5 Å². The maximum Gasteiger partial charge on any atom is 0.225 e. The first-order valence-corrected chi connectivity index (χ1v) is 8.62. The van der Waals surface area contributed by atoms with Crippen molar-refractivity contribution in [1.29, 1.82) is 5.26 Å². The number of guanidine groups is 1. The van der Waals surface area contributed by atoms with E-state index in [1.165, 1.54) is 18.2 Å². The number of hydrogen-bond acceptors (Lipinski definition) is 3. The fraction of sp³-hybridized carbons (Fsp3) is 0.250. The van der Waals surface area contributed by atoms with Crippen LogP contribution < -0.4 is 16.0 Å². The average Bonchev–Trinajstić information content (AvgIpc) is 2.69. The van der Waals surface area contributed by atoms with Gasteiger partial charge in [-0.2, -0.15) is 5.26 Å². The number of aliphatic imine (C=N–C) groups is 1. The SMILES string of the molecule is CN=C(NCc1cc(C#N)ccc1F)NCC1CC(=O)Nc2ccccc21.I. The van der Waals surface area contributed by atoms with E-state index in [0.717, 1.165) is 11.3 Å². The smallest absolute Gasteiger partial charge is 0.225 e. The van der Waals surface area contributed by atoms with Crippen LogP contribution >= 0.6 is 24.0 Å². The molecule has 2 aromatic rings.